The van der Waals surface area contributed by atoms with Crippen molar-refractivity contribution in [1.82, 2.24) is 15.3 Å². The molecule has 0 fully saturated rings. The van der Waals surface area contributed by atoms with Gasteiger partial charge in [-0.2, -0.15) is 0 Å². The predicted molar refractivity (Wildman–Crippen MR) is 114 cm³/mol. The SMILES string of the molecule is COCc1cc(C)nc2sc3c(c12)NC(c1c(C(=O)O)[nH]c2ccccc12)NC3=O. The number of carbonyl (C=O) groups is 2. The van der Waals surface area contributed by atoms with Gasteiger partial charge in [0.25, 0.3) is 5.91 Å². The molecule has 1 unspecified atom stereocenters. The summed E-state index contributed by atoms with van der Waals surface area (Å²) in [6, 6.07) is 9.26. The van der Waals surface area contributed by atoms with Crippen LogP contribution >= 0.6 is 11.3 Å². The average Bonchev–Trinajstić information content (AvgIpc) is 3.27. The number of aryl methyl sites for hydroxylation is 1. The highest BCUT2D eigenvalue weighted by atomic mass is 32.1. The van der Waals surface area contributed by atoms with Gasteiger partial charge in [-0.3, -0.25) is 4.79 Å². The lowest BCUT2D eigenvalue weighted by Gasteiger charge is -2.27. The third-order valence-electron chi connectivity index (χ3n) is 5.19. The molecule has 0 bridgehead atoms. The van der Waals surface area contributed by atoms with Crippen molar-refractivity contribution in [2.24, 2.45) is 0 Å². The first kappa shape index (κ1) is 18.6. The number of H-pyrrole nitrogens is 1. The Morgan fingerprint density at radius 1 is 1.30 bits per heavy atom. The van der Waals surface area contributed by atoms with E-state index in [9.17, 15) is 14.7 Å². The van der Waals surface area contributed by atoms with Crippen LogP contribution in [0.3, 0.4) is 0 Å². The Labute approximate surface area is 174 Å². The molecule has 9 heteroatoms. The van der Waals surface area contributed by atoms with Gasteiger partial charge in [0.2, 0.25) is 0 Å². The molecule has 0 saturated carbocycles. The number of methoxy groups -OCH3 is 1. The first-order valence-corrected chi connectivity index (χ1v) is 10.1. The Hall–Kier alpha value is -3.43. The Bertz CT molecular complexity index is 1340. The molecule has 8 nitrogen and oxygen atoms in total. The molecule has 4 N–H and O–H groups in total. The summed E-state index contributed by atoms with van der Waals surface area (Å²) >= 11 is 1.31. The molecule has 30 heavy (non-hydrogen) atoms. The van der Waals surface area contributed by atoms with Crippen LogP contribution in [0.25, 0.3) is 21.1 Å². The fourth-order valence-corrected chi connectivity index (χ4v) is 5.17. The summed E-state index contributed by atoms with van der Waals surface area (Å²) in [5, 5.41) is 17.6. The van der Waals surface area contributed by atoms with E-state index in [2.05, 4.69) is 20.6 Å². The van der Waals surface area contributed by atoms with Crippen LogP contribution in [0.5, 0.6) is 0 Å². The van der Waals surface area contributed by atoms with Crippen molar-refractivity contribution in [2.75, 3.05) is 12.4 Å². The number of aromatic carboxylic acids is 1. The van der Waals surface area contributed by atoms with Crippen LogP contribution in [0.4, 0.5) is 5.69 Å². The van der Waals surface area contributed by atoms with Crippen molar-refractivity contribution >= 4 is 50.0 Å². The van der Waals surface area contributed by atoms with Gasteiger partial charge >= 0.3 is 5.97 Å². The zero-order chi connectivity index (χ0) is 21.0. The number of hydrogen-bond donors (Lipinski definition) is 4. The number of aromatic nitrogens is 2. The number of hydrogen-bond acceptors (Lipinski definition) is 6. The van der Waals surface area contributed by atoms with Crippen LogP contribution in [0.15, 0.2) is 30.3 Å². The molecule has 4 aromatic rings. The molecule has 1 atom stereocenters. The second-order valence-electron chi connectivity index (χ2n) is 7.16. The standard InChI is InChI=1S/C21H18N4O4S/c1-9-7-10(8-29-2)13-15-17(30-20(13)22-9)19(26)25-18(24-15)14-11-5-3-4-6-12(11)23-16(14)21(27)28/h3-7,18,23-24H,8H2,1-2H3,(H,25,26)(H,27,28). The minimum Gasteiger partial charge on any atom is -0.477 e. The normalized spacial score (nSPS) is 15.8. The van der Waals surface area contributed by atoms with Crippen LogP contribution in [-0.4, -0.2) is 34.1 Å². The molecule has 3 aromatic heterocycles. The van der Waals surface area contributed by atoms with Gasteiger partial charge in [-0.15, -0.1) is 11.3 Å². The zero-order valence-corrected chi connectivity index (χ0v) is 17.0. The number of benzene rings is 1. The van der Waals surface area contributed by atoms with E-state index in [0.717, 1.165) is 26.9 Å². The highest BCUT2D eigenvalue weighted by molar-refractivity contribution is 7.21. The van der Waals surface area contributed by atoms with E-state index >= 15 is 0 Å². The number of nitrogens with zero attached hydrogens (tertiary/aromatic N) is 1. The quantitative estimate of drug-likeness (QED) is 0.398. The van der Waals surface area contributed by atoms with Crippen molar-refractivity contribution in [1.29, 1.82) is 0 Å². The van der Waals surface area contributed by atoms with Gasteiger partial charge in [-0.25, -0.2) is 9.78 Å². The number of aromatic amines is 1. The summed E-state index contributed by atoms with van der Waals surface area (Å²) < 4.78 is 5.35. The first-order valence-electron chi connectivity index (χ1n) is 9.31. The molecule has 1 aromatic carbocycles. The van der Waals surface area contributed by atoms with Crippen LogP contribution in [0.2, 0.25) is 0 Å². The van der Waals surface area contributed by atoms with Gasteiger partial charge in [0.15, 0.2) is 0 Å². The minimum atomic E-state index is -1.09. The van der Waals surface area contributed by atoms with Crippen LogP contribution in [0.1, 0.15) is 43.1 Å². The van der Waals surface area contributed by atoms with Gasteiger partial charge in [-0.05, 0) is 24.6 Å². The third kappa shape index (κ3) is 2.74. The molecule has 0 radical (unpaired) electrons. The summed E-state index contributed by atoms with van der Waals surface area (Å²) in [6.45, 7) is 2.28. The number of anilines is 1. The first-order chi connectivity index (χ1) is 14.5. The summed E-state index contributed by atoms with van der Waals surface area (Å²) in [5.74, 6) is -1.35. The predicted octanol–water partition coefficient (Wildman–Crippen LogP) is 3.78. The molecular formula is C21H18N4O4S. The fourth-order valence-electron chi connectivity index (χ4n) is 4.03. The average molecular weight is 422 g/mol. The molecule has 0 aliphatic carbocycles. The smallest absolute Gasteiger partial charge is 0.352 e. The molecule has 4 heterocycles. The number of ether oxygens (including phenoxy) is 1. The van der Waals surface area contributed by atoms with Gasteiger partial charge in [0, 0.05) is 34.7 Å². The number of thiophene rings is 1. The van der Waals surface area contributed by atoms with Crippen LogP contribution in [-0.2, 0) is 11.3 Å². The van der Waals surface area contributed by atoms with Crippen molar-refractivity contribution in [3.63, 3.8) is 0 Å². The van der Waals surface area contributed by atoms with E-state index in [4.69, 9.17) is 4.74 Å². The van der Waals surface area contributed by atoms with Gasteiger partial charge in [0.05, 0.1) is 12.3 Å². The lowest BCUT2D eigenvalue weighted by molar-refractivity contribution is 0.0688. The Morgan fingerprint density at radius 3 is 2.87 bits per heavy atom. The number of para-hydroxylation sites is 1. The van der Waals surface area contributed by atoms with E-state index in [1.165, 1.54) is 11.3 Å². The Morgan fingerprint density at radius 2 is 2.10 bits per heavy atom. The summed E-state index contributed by atoms with van der Waals surface area (Å²) in [4.78, 5) is 33.7. The summed E-state index contributed by atoms with van der Waals surface area (Å²) in [7, 11) is 1.62. The van der Waals surface area contributed by atoms with Gasteiger partial charge in [0.1, 0.15) is 21.6 Å². The molecule has 1 aliphatic rings. The van der Waals surface area contributed by atoms with E-state index in [1.807, 2.05) is 37.3 Å². The number of nitrogens with one attached hydrogen (secondary N) is 3. The highest BCUT2D eigenvalue weighted by Crippen LogP contribution is 2.42. The summed E-state index contributed by atoms with van der Waals surface area (Å²) in [6.07, 6.45) is -0.707. The molecule has 1 aliphatic heterocycles. The maximum Gasteiger partial charge on any atom is 0.352 e. The summed E-state index contributed by atoms with van der Waals surface area (Å²) in [5.41, 5.74) is 3.66. The molecule has 0 saturated heterocycles. The largest absolute Gasteiger partial charge is 0.477 e. The molecule has 1 amide bonds. The maximum atomic E-state index is 13.0. The number of carboxylic acid groups (broad SMARTS) is 1. The highest BCUT2D eigenvalue weighted by Gasteiger charge is 2.34. The Kier molecular flexibility index (Phi) is 4.23. The lowest BCUT2D eigenvalue weighted by Crippen LogP contribution is -2.38. The Balaban J connectivity index is 1.71. The van der Waals surface area contributed by atoms with Gasteiger partial charge < -0.3 is 25.5 Å². The third-order valence-corrected chi connectivity index (χ3v) is 6.27. The molecular weight excluding hydrogens is 404 g/mol. The van der Waals surface area contributed by atoms with Crippen LogP contribution in [0, 0.1) is 6.92 Å². The van der Waals surface area contributed by atoms with Crippen molar-refractivity contribution in [2.45, 2.75) is 19.7 Å². The van der Waals surface area contributed by atoms with Crippen molar-refractivity contribution in [3.8, 4) is 0 Å². The topological polar surface area (TPSA) is 116 Å². The van der Waals surface area contributed by atoms with E-state index < -0.39 is 12.1 Å². The van der Waals surface area contributed by atoms with E-state index in [-0.39, 0.29) is 11.6 Å². The number of rotatable bonds is 4. The van der Waals surface area contributed by atoms with Gasteiger partial charge in [-0.1, -0.05) is 18.2 Å². The van der Waals surface area contributed by atoms with Crippen molar-refractivity contribution in [3.05, 3.63) is 57.7 Å². The number of carbonyl (C=O) groups excluding carboxylic acids is 1. The number of carboxylic acids is 1. The lowest BCUT2D eigenvalue weighted by atomic mass is 10.0. The van der Waals surface area contributed by atoms with E-state index in [1.54, 1.807) is 7.11 Å². The number of fused-ring (bicyclic) bond motifs is 4. The maximum absolute atomic E-state index is 13.0. The number of pyridine rings is 1. The molecule has 152 valence electrons. The molecule has 0 spiro atoms. The fraction of sp³-hybridized carbons (Fsp3) is 0.190. The monoisotopic (exact) mass is 422 g/mol. The van der Waals surface area contributed by atoms with Crippen molar-refractivity contribution < 1.29 is 19.4 Å². The zero-order valence-electron chi connectivity index (χ0n) is 16.2. The van der Waals surface area contributed by atoms with Crippen LogP contribution < -0.4 is 10.6 Å². The molecule has 5 rings (SSSR count). The van der Waals surface area contributed by atoms with E-state index in [0.29, 0.717) is 28.3 Å². The second-order valence-corrected chi connectivity index (χ2v) is 8.16. The minimum absolute atomic E-state index is 0.0445. The second kappa shape index (κ2) is 6.82. The number of amides is 1.